The van der Waals surface area contributed by atoms with Crippen LogP contribution in [0.3, 0.4) is 0 Å². The smallest absolute Gasteiger partial charge is 0.223 e. The van der Waals surface area contributed by atoms with Crippen LogP contribution in [0.5, 0.6) is 0 Å². The summed E-state index contributed by atoms with van der Waals surface area (Å²) in [5.74, 6) is -0.671. The van der Waals surface area contributed by atoms with Crippen LogP contribution in [0.1, 0.15) is 24.1 Å². The molecule has 1 fully saturated rings. The normalized spacial score (nSPS) is 23.7. The van der Waals surface area contributed by atoms with Crippen molar-refractivity contribution in [2.24, 2.45) is 11.7 Å². The van der Waals surface area contributed by atoms with E-state index in [-0.39, 0.29) is 37.0 Å². The largest absolute Gasteiger partial charge is 0.358 e. The summed E-state index contributed by atoms with van der Waals surface area (Å²) in [6, 6.07) is 4.64. The Morgan fingerprint density at radius 1 is 1.48 bits per heavy atom. The van der Waals surface area contributed by atoms with E-state index < -0.39 is 5.67 Å². The predicted octanol–water partition coefficient (Wildman–Crippen LogP) is 2.35. The molecule has 124 valence electrons. The third kappa shape index (κ3) is 3.08. The van der Waals surface area contributed by atoms with E-state index >= 15 is 0 Å². The number of alkyl halides is 1. The van der Waals surface area contributed by atoms with Gasteiger partial charge >= 0.3 is 0 Å². The lowest BCUT2D eigenvalue weighted by Crippen LogP contribution is -2.51. The van der Waals surface area contributed by atoms with E-state index in [1.807, 2.05) is 6.92 Å². The number of carbonyl (C=O) groups excluding carboxylic acids is 1. The zero-order valence-corrected chi connectivity index (χ0v) is 13.1. The Hall–Kier alpha value is -1.95. The summed E-state index contributed by atoms with van der Waals surface area (Å²) in [5.41, 5.74) is 6.77. The molecule has 2 aromatic rings. The Balaban J connectivity index is 1.57. The molecule has 1 heterocycles. The molecule has 1 aliphatic carbocycles. The molecule has 4 nitrogen and oxygen atoms in total. The molecule has 0 saturated heterocycles. The lowest BCUT2D eigenvalue weighted by atomic mass is 9.72. The number of H-pyrrole nitrogens is 1. The average molecular weight is 321 g/mol. The lowest BCUT2D eigenvalue weighted by Gasteiger charge is -2.39. The number of aromatic nitrogens is 1. The first-order chi connectivity index (χ1) is 10.9. The third-order valence-corrected chi connectivity index (χ3v) is 4.72. The van der Waals surface area contributed by atoms with Gasteiger partial charge in [0.1, 0.15) is 11.5 Å². The minimum atomic E-state index is -1.36. The summed E-state index contributed by atoms with van der Waals surface area (Å²) in [6.07, 6.45) is 1.06. The minimum Gasteiger partial charge on any atom is -0.358 e. The number of carbonyl (C=O) groups is 1. The van der Waals surface area contributed by atoms with Crippen LogP contribution in [-0.2, 0) is 11.2 Å². The Morgan fingerprint density at radius 3 is 2.91 bits per heavy atom. The Bertz CT molecular complexity index is 735. The molecular weight excluding hydrogens is 300 g/mol. The molecule has 1 saturated carbocycles. The van der Waals surface area contributed by atoms with E-state index in [1.165, 1.54) is 12.1 Å². The fourth-order valence-corrected chi connectivity index (χ4v) is 3.32. The second kappa shape index (κ2) is 5.92. The average Bonchev–Trinajstić information content (AvgIpc) is 2.78. The van der Waals surface area contributed by atoms with Crippen LogP contribution in [-0.4, -0.2) is 29.6 Å². The van der Waals surface area contributed by atoms with Gasteiger partial charge in [-0.1, -0.05) is 0 Å². The van der Waals surface area contributed by atoms with Crippen LogP contribution in [0.2, 0.25) is 0 Å². The number of aromatic amines is 1. The van der Waals surface area contributed by atoms with Gasteiger partial charge in [0.05, 0.1) is 0 Å². The quantitative estimate of drug-likeness (QED) is 0.791. The van der Waals surface area contributed by atoms with Crippen molar-refractivity contribution < 1.29 is 13.6 Å². The Kier molecular flexibility index (Phi) is 4.10. The molecule has 3 rings (SSSR count). The van der Waals surface area contributed by atoms with Crippen molar-refractivity contribution >= 4 is 16.8 Å². The Morgan fingerprint density at radius 2 is 2.22 bits per heavy atom. The molecule has 23 heavy (non-hydrogen) atoms. The third-order valence-electron chi connectivity index (χ3n) is 4.72. The zero-order valence-electron chi connectivity index (χ0n) is 13.1. The van der Waals surface area contributed by atoms with Gasteiger partial charge < -0.3 is 16.0 Å². The van der Waals surface area contributed by atoms with Crippen molar-refractivity contribution in [2.75, 3.05) is 13.1 Å². The fourth-order valence-electron chi connectivity index (χ4n) is 3.32. The molecule has 0 aliphatic heterocycles. The maximum absolute atomic E-state index is 13.7. The van der Waals surface area contributed by atoms with Crippen LogP contribution < -0.4 is 11.1 Å². The number of nitrogens with one attached hydrogen (secondary N) is 2. The van der Waals surface area contributed by atoms with Crippen molar-refractivity contribution in [1.82, 2.24) is 10.3 Å². The Labute approximate surface area is 133 Å². The molecule has 1 aromatic carbocycles. The second-order valence-electron chi connectivity index (χ2n) is 6.42. The molecule has 1 amide bonds. The van der Waals surface area contributed by atoms with Crippen LogP contribution in [0, 0.1) is 18.7 Å². The van der Waals surface area contributed by atoms with Gasteiger partial charge in [-0.3, -0.25) is 4.79 Å². The molecule has 4 N–H and O–H groups in total. The number of fused-ring (bicyclic) bond motifs is 1. The van der Waals surface area contributed by atoms with E-state index in [2.05, 4.69) is 10.3 Å². The topological polar surface area (TPSA) is 70.9 Å². The van der Waals surface area contributed by atoms with Gasteiger partial charge in [0, 0.05) is 35.6 Å². The molecule has 0 radical (unpaired) electrons. The predicted molar refractivity (Wildman–Crippen MR) is 85.3 cm³/mol. The van der Waals surface area contributed by atoms with Crippen LogP contribution >= 0.6 is 0 Å². The van der Waals surface area contributed by atoms with Gasteiger partial charge in [0.2, 0.25) is 5.91 Å². The summed E-state index contributed by atoms with van der Waals surface area (Å²) in [5, 5.41) is 3.82. The zero-order chi connectivity index (χ0) is 16.6. The van der Waals surface area contributed by atoms with Gasteiger partial charge in [-0.2, -0.15) is 0 Å². The molecule has 0 atom stereocenters. The molecule has 1 aliphatic rings. The molecule has 0 spiro atoms. The highest BCUT2D eigenvalue weighted by atomic mass is 19.1. The van der Waals surface area contributed by atoms with Crippen molar-refractivity contribution in [3.63, 3.8) is 0 Å². The summed E-state index contributed by atoms with van der Waals surface area (Å²) in [7, 11) is 0. The maximum Gasteiger partial charge on any atom is 0.223 e. The first-order valence-electron chi connectivity index (χ1n) is 7.85. The highest BCUT2D eigenvalue weighted by molar-refractivity contribution is 5.85. The van der Waals surface area contributed by atoms with Gasteiger partial charge in [-0.15, -0.1) is 0 Å². The first kappa shape index (κ1) is 15.9. The number of halogens is 2. The van der Waals surface area contributed by atoms with E-state index in [0.717, 1.165) is 22.2 Å². The summed E-state index contributed by atoms with van der Waals surface area (Å²) in [6.45, 7) is 2.38. The maximum atomic E-state index is 13.7. The summed E-state index contributed by atoms with van der Waals surface area (Å²) < 4.78 is 27.0. The molecule has 0 unspecified atom stereocenters. The van der Waals surface area contributed by atoms with Gasteiger partial charge in [-0.25, -0.2) is 8.78 Å². The van der Waals surface area contributed by atoms with Crippen LogP contribution in [0.15, 0.2) is 18.2 Å². The highest BCUT2D eigenvalue weighted by Gasteiger charge is 2.46. The van der Waals surface area contributed by atoms with Crippen molar-refractivity contribution in [3.8, 4) is 0 Å². The standard InChI is InChI=1S/C17H21F2N3O/c1-10-13(14-3-2-12(18)6-15(14)22-10)4-5-21-16(23)11-7-17(19,8-11)9-20/h2-3,6,11,22H,4-5,7-9,20H2,1H3,(H,21,23). The van der Waals surface area contributed by atoms with E-state index in [0.29, 0.717) is 13.0 Å². The molecule has 0 bridgehead atoms. The van der Waals surface area contributed by atoms with Crippen molar-refractivity contribution in [1.29, 1.82) is 0 Å². The lowest BCUT2D eigenvalue weighted by molar-refractivity contribution is -0.133. The number of hydrogen-bond donors (Lipinski definition) is 3. The number of benzene rings is 1. The monoisotopic (exact) mass is 321 g/mol. The van der Waals surface area contributed by atoms with Crippen molar-refractivity contribution in [3.05, 3.63) is 35.3 Å². The molecule has 6 heteroatoms. The van der Waals surface area contributed by atoms with Gasteiger partial charge in [-0.05, 0) is 49.9 Å². The van der Waals surface area contributed by atoms with Crippen LogP contribution in [0.4, 0.5) is 8.78 Å². The van der Waals surface area contributed by atoms with E-state index in [1.54, 1.807) is 6.07 Å². The number of aryl methyl sites for hydroxylation is 1. The molecular formula is C17H21F2N3O. The van der Waals surface area contributed by atoms with E-state index in [4.69, 9.17) is 5.73 Å². The summed E-state index contributed by atoms with van der Waals surface area (Å²) >= 11 is 0. The van der Waals surface area contributed by atoms with Gasteiger partial charge in [0.15, 0.2) is 0 Å². The first-order valence-corrected chi connectivity index (χ1v) is 7.85. The van der Waals surface area contributed by atoms with Gasteiger partial charge in [0.25, 0.3) is 0 Å². The molecule has 1 aromatic heterocycles. The minimum absolute atomic E-state index is 0.0259. The fraction of sp³-hybridized carbons (Fsp3) is 0.471. The van der Waals surface area contributed by atoms with Crippen LogP contribution in [0.25, 0.3) is 10.9 Å². The van der Waals surface area contributed by atoms with Crippen molar-refractivity contribution in [2.45, 2.75) is 31.9 Å². The number of amides is 1. The number of hydrogen-bond acceptors (Lipinski definition) is 2. The van der Waals surface area contributed by atoms with E-state index in [9.17, 15) is 13.6 Å². The number of rotatable bonds is 5. The SMILES string of the molecule is Cc1[nH]c2cc(F)ccc2c1CCNC(=O)C1CC(F)(CN)C1. The second-order valence-corrected chi connectivity index (χ2v) is 6.42. The highest BCUT2D eigenvalue weighted by Crippen LogP contribution is 2.40. The number of nitrogens with two attached hydrogens (primary N) is 1. The summed E-state index contributed by atoms with van der Waals surface area (Å²) in [4.78, 5) is 15.1.